The van der Waals surface area contributed by atoms with E-state index in [-0.39, 0.29) is 5.76 Å². The van der Waals surface area contributed by atoms with Crippen LogP contribution in [-0.4, -0.2) is 38.1 Å². The molecule has 9 heteroatoms. The summed E-state index contributed by atoms with van der Waals surface area (Å²) in [4.78, 5) is 34.9. The Kier molecular flexibility index (Phi) is 7.64. The molecule has 9 nitrogen and oxygen atoms in total. The zero-order valence-electron chi connectivity index (χ0n) is 15.4. The van der Waals surface area contributed by atoms with E-state index in [1.54, 1.807) is 18.2 Å². The first-order valence-corrected chi connectivity index (χ1v) is 8.31. The Morgan fingerprint density at radius 3 is 2.64 bits per heavy atom. The van der Waals surface area contributed by atoms with Gasteiger partial charge in [0.2, 0.25) is 0 Å². The molecule has 0 bridgehead atoms. The summed E-state index contributed by atoms with van der Waals surface area (Å²) in [6.07, 6.45) is 4.01. The molecule has 1 heterocycles. The number of furan rings is 1. The molecular weight excluding hydrogens is 368 g/mol. The van der Waals surface area contributed by atoms with Crippen molar-refractivity contribution in [3.63, 3.8) is 0 Å². The molecule has 2 aromatic rings. The molecule has 0 unspecified atom stereocenters. The molecular formula is C19H20N2O7. The van der Waals surface area contributed by atoms with E-state index in [4.69, 9.17) is 18.6 Å². The molecule has 2 amide bonds. The number of amides is 2. The van der Waals surface area contributed by atoms with Crippen LogP contribution in [0.25, 0.3) is 6.08 Å². The third-order valence-electron chi connectivity index (χ3n) is 3.31. The molecule has 28 heavy (non-hydrogen) atoms. The number of carbonyl (C=O) groups is 3. The Hall–Kier alpha value is -3.75. The third kappa shape index (κ3) is 6.20. The smallest absolute Gasteiger partial charge is 0.331 e. The van der Waals surface area contributed by atoms with Crippen molar-refractivity contribution in [1.29, 1.82) is 0 Å². The van der Waals surface area contributed by atoms with Gasteiger partial charge in [-0.25, -0.2) is 4.79 Å². The van der Waals surface area contributed by atoms with Crippen LogP contribution in [-0.2, 0) is 14.3 Å². The first-order valence-electron chi connectivity index (χ1n) is 8.31. The Labute approximate surface area is 161 Å². The largest absolute Gasteiger partial charge is 0.493 e. The summed E-state index contributed by atoms with van der Waals surface area (Å²) >= 11 is 0. The number of hydrazine groups is 1. The quantitative estimate of drug-likeness (QED) is 0.402. The lowest BCUT2D eigenvalue weighted by Crippen LogP contribution is -2.43. The van der Waals surface area contributed by atoms with Gasteiger partial charge in [-0.3, -0.25) is 20.4 Å². The molecule has 0 fully saturated rings. The fourth-order valence-electron chi connectivity index (χ4n) is 2.05. The summed E-state index contributed by atoms with van der Waals surface area (Å²) < 4.78 is 20.3. The van der Waals surface area contributed by atoms with Crippen LogP contribution in [0.2, 0.25) is 0 Å². The summed E-state index contributed by atoms with van der Waals surface area (Å²) in [6.45, 7) is 1.76. The molecule has 148 valence electrons. The molecule has 0 atom stereocenters. The van der Waals surface area contributed by atoms with Gasteiger partial charge in [0.25, 0.3) is 5.91 Å². The predicted octanol–water partition coefficient (Wildman–Crippen LogP) is 1.70. The SMILES string of the molecule is CCOc1cc(/C=C/C(=O)OCC(=O)NNC(=O)c2ccco2)ccc1OC. The van der Waals surface area contributed by atoms with Crippen molar-refractivity contribution in [2.75, 3.05) is 20.3 Å². The topological polar surface area (TPSA) is 116 Å². The number of nitrogens with one attached hydrogen (secondary N) is 2. The fourth-order valence-corrected chi connectivity index (χ4v) is 2.05. The van der Waals surface area contributed by atoms with Crippen molar-refractivity contribution in [1.82, 2.24) is 10.9 Å². The monoisotopic (exact) mass is 388 g/mol. The highest BCUT2D eigenvalue weighted by molar-refractivity contribution is 5.93. The van der Waals surface area contributed by atoms with E-state index in [0.29, 0.717) is 23.7 Å². The second-order valence-corrected chi connectivity index (χ2v) is 5.26. The van der Waals surface area contributed by atoms with Crippen LogP contribution in [0.3, 0.4) is 0 Å². The lowest BCUT2D eigenvalue weighted by atomic mass is 10.2. The van der Waals surface area contributed by atoms with E-state index < -0.39 is 24.4 Å². The van der Waals surface area contributed by atoms with Gasteiger partial charge in [0.15, 0.2) is 23.9 Å². The molecule has 1 aromatic heterocycles. The zero-order chi connectivity index (χ0) is 20.4. The predicted molar refractivity (Wildman–Crippen MR) is 98.5 cm³/mol. The van der Waals surface area contributed by atoms with E-state index in [1.165, 1.54) is 37.7 Å². The number of methoxy groups -OCH3 is 1. The number of carbonyl (C=O) groups excluding carboxylic acids is 3. The average molecular weight is 388 g/mol. The molecule has 0 spiro atoms. The maximum absolute atomic E-state index is 11.7. The van der Waals surface area contributed by atoms with Gasteiger partial charge < -0.3 is 18.6 Å². The molecule has 0 aliphatic rings. The molecule has 1 aromatic carbocycles. The number of hydrogen-bond donors (Lipinski definition) is 2. The second kappa shape index (κ2) is 10.4. The lowest BCUT2D eigenvalue weighted by molar-refractivity contribution is -0.144. The first-order chi connectivity index (χ1) is 13.5. The minimum Gasteiger partial charge on any atom is -0.493 e. The molecule has 0 aliphatic carbocycles. The van der Waals surface area contributed by atoms with Crippen LogP contribution >= 0.6 is 0 Å². The van der Waals surface area contributed by atoms with Crippen molar-refractivity contribution < 1.29 is 33.0 Å². The van der Waals surface area contributed by atoms with E-state index in [1.807, 2.05) is 6.92 Å². The molecule has 2 N–H and O–H groups in total. The summed E-state index contributed by atoms with van der Waals surface area (Å²) in [5.41, 5.74) is 4.92. The Morgan fingerprint density at radius 1 is 1.14 bits per heavy atom. The van der Waals surface area contributed by atoms with E-state index in [9.17, 15) is 14.4 Å². The van der Waals surface area contributed by atoms with Gasteiger partial charge in [-0.2, -0.15) is 0 Å². The molecule has 0 saturated carbocycles. The lowest BCUT2D eigenvalue weighted by Gasteiger charge is -2.09. The van der Waals surface area contributed by atoms with Crippen LogP contribution < -0.4 is 20.3 Å². The summed E-state index contributed by atoms with van der Waals surface area (Å²) in [5.74, 6) is -0.895. The Balaban J connectivity index is 1.79. The minimum absolute atomic E-state index is 0.0335. The minimum atomic E-state index is -0.721. The average Bonchev–Trinajstić information content (AvgIpc) is 3.24. The highest BCUT2D eigenvalue weighted by Crippen LogP contribution is 2.28. The first kappa shape index (κ1) is 20.6. The molecule has 0 radical (unpaired) electrons. The van der Waals surface area contributed by atoms with Gasteiger partial charge in [-0.1, -0.05) is 6.07 Å². The van der Waals surface area contributed by atoms with Crippen molar-refractivity contribution >= 4 is 23.9 Å². The molecule has 0 saturated heterocycles. The number of esters is 1. The van der Waals surface area contributed by atoms with Gasteiger partial charge in [0.1, 0.15) is 0 Å². The number of hydrogen-bond acceptors (Lipinski definition) is 7. The molecule has 0 aliphatic heterocycles. The zero-order valence-corrected chi connectivity index (χ0v) is 15.4. The van der Waals surface area contributed by atoms with Crippen LogP contribution in [0.4, 0.5) is 0 Å². The summed E-state index contributed by atoms with van der Waals surface area (Å²) in [7, 11) is 1.53. The van der Waals surface area contributed by atoms with Crippen LogP contribution in [0, 0.1) is 0 Å². The Morgan fingerprint density at radius 2 is 1.96 bits per heavy atom. The van der Waals surface area contributed by atoms with Crippen molar-refractivity contribution in [3.05, 3.63) is 54.0 Å². The highest BCUT2D eigenvalue weighted by Gasteiger charge is 2.10. The highest BCUT2D eigenvalue weighted by atomic mass is 16.5. The molecule has 2 rings (SSSR count). The number of ether oxygens (including phenoxy) is 3. The van der Waals surface area contributed by atoms with Gasteiger partial charge >= 0.3 is 11.9 Å². The van der Waals surface area contributed by atoms with Crippen LogP contribution in [0.15, 0.2) is 47.1 Å². The number of rotatable bonds is 8. The van der Waals surface area contributed by atoms with Crippen molar-refractivity contribution in [2.45, 2.75) is 6.92 Å². The maximum atomic E-state index is 11.7. The third-order valence-corrected chi connectivity index (χ3v) is 3.31. The van der Waals surface area contributed by atoms with Crippen molar-refractivity contribution in [2.24, 2.45) is 0 Å². The Bertz CT molecular complexity index is 844. The normalized spacial score (nSPS) is 10.4. The van der Waals surface area contributed by atoms with Gasteiger partial charge in [-0.05, 0) is 42.8 Å². The van der Waals surface area contributed by atoms with Gasteiger partial charge in [0, 0.05) is 6.08 Å². The summed E-state index contributed by atoms with van der Waals surface area (Å²) in [6, 6.07) is 8.13. The summed E-state index contributed by atoms with van der Waals surface area (Å²) in [5, 5.41) is 0. The van der Waals surface area contributed by atoms with Gasteiger partial charge in [0.05, 0.1) is 20.0 Å². The van der Waals surface area contributed by atoms with E-state index in [0.717, 1.165) is 0 Å². The van der Waals surface area contributed by atoms with E-state index >= 15 is 0 Å². The second-order valence-electron chi connectivity index (χ2n) is 5.26. The van der Waals surface area contributed by atoms with Crippen LogP contribution in [0.5, 0.6) is 11.5 Å². The van der Waals surface area contributed by atoms with Crippen molar-refractivity contribution in [3.8, 4) is 11.5 Å². The maximum Gasteiger partial charge on any atom is 0.331 e. The van der Waals surface area contributed by atoms with E-state index in [2.05, 4.69) is 10.9 Å². The fraction of sp³-hybridized carbons (Fsp3) is 0.211. The van der Waals surface area contributed by atoms with Crippen LogP contribution in [0.1, 0.15) is 23.0 Å². The van der Waals surface area contributed by atoms with Gasteiger partial charge in [-0.15, -0.1) is 0 Å². The number of benzene rings is 1. The standard InChI is InChI=1S/C19H20N2O7/c1-3-26-16-11-13(6-8-14(16)25-2)7-9-18(23)28-12-17(22)20-21-19(24)15-5-4-10-27-15/h4-11H,3,12H2,1-2H3,(H,20,22)(H,21,24)/b9-7+.